The number of carbonyl (C=O) groups excluding carboxylic acids is 2. The van der Waals surface area contributed by atoms with Gasteiger partial charge in [0.25, 0.3) is 5.91 Å². The van der Waals surface area contributed by atoms with Gasteiger partial charge in [-0.2, -0.15) is 0 Å². The van der Waals surface area contributed by atoms with E-state index >= 15 is 0 Å². The smallest absolute Gasteiger partial charge is 0.310 e. The average Bonchev–Trinajstić information content (AvgIpc) is 2.80. The van der Waals surface area contributed by atoms with Gasteiger partial charge in [0, 0.05) is 23.8 Å². The van der Waals surface area contributed by atoms with Crippen molar-refractivity contribution in [3.8, 4) is 0 Å². The van der Waals surface area contributed by atoms with Crippen molar-refractivity contribution in [1.82, 2.24) is 9.88 Å². The zero-order valence-electron chi connectivity index (χ0n) is 10.8. The van der Waals surface area contributed by atoms with Gasteiger partial charge >= 0.3 is 5.97 Å². The molecule has 2 heterocycles. The molecular weight excluding hydrogens is 312 g/mol. The summed E-state index contributed by atoms with van der Waals surface area (Å²) in [5, 5.41) is 0. The molecule has 19 heavy (non-hydrogen) atoms. The SMILES string of the molecule is COC(=O)C1CN(C(=O)c2ncccc2Br)CC1C. The molecule has 0 saturated carbocycles. The molecule has 0 N–H and O–H groups in total. The summed E-state index contributed by atoms with van der Waals surface area (Å²) in [6.07, 6.45) is 1.58. The third-order valence-corrected chi connectivity index (χ3v) is 4.00. The summed E-state index contributed by atoms with van der Waals surface area (Å²) in [6.45, 7) is 2.87. The highest BCUT2D eigenvalue weighted by atomic mass is 79.9. The molecule has 6 heteroatoms. The van der Waals surface area contributed by atoms with Crippen molar-refractivity contribution < 1.29 is 14.3 Å². The van der Waals surface area contributed by atoms with Gasteiger partial charge in [0.2, 0.25) is 0 Å². The first-order valence-corrected chi connectivity index (χ1v) is 6.81. The first-order valence-electron chi connectivity index (χ1n) is 6.02. The number of hydrogen-bond acceptors (Lipinski definition) is 4. The molecular formula is C13H15BrN2O3. The molecule has 102 valence electrons. The summed E-state index contributed by atoms with van der Waals surface area (Å²) in [4.78, 5) is 29.7. The normalized spacial score (nSPS) is 22.4. The van der Waals surface area contributed by atoms with Crippen LogP contribution < -0.4 is 0 Å². The van der Waals surface area contributed by atoms with E-state index in [0.29, 0.717) is 23.3 Å². The Morgan fingerprint density at radius 2 is 2.21 bits per heavy atom. The highest BCUT2D eigenvalue weighted by molar-refractivity contribution is 9.10. The number of aromatic nitrogens is 1. The quantitative estimate of drug-likeness (QED) is 0.776. The molecule has 1 fully saturated rings. The van der Waals surface area contributed by atoms with Crippen LogP contribution in [-0.2, 0) is 9.53 Å². The molecule has 0 aromatic carbocycles. The van der Waals surface area contributed by atoms with Crippen molar-refractivity contribution >= 4 is 27.8 Å². The molecule has 1 amide bonds. The molecule has 1 aromatic rings. The number of amides is 1. The number of likely N-dealkylation sites (tertiary alicyclic amines) is 1. The first kappa shape index (κ1) is 14.0. The Kier molecular flexibility index (Phi) is 4.19. The highest BCUT2D eigenvalue weighted by Gasteiger charge is 2.38. The number of rotatable bonds is 2. The lowest BCUT2D eigenvalue weighted by atomic mass is 9.99. The molecule has 1 aliphatic heterocycles. The molecule has 1 aliphatic rings. The van der Waals surface area contributed by atoms with Crippen LogP contribution in [0.3, 0.4) is 0 Å². The summed E-state index contributed by atoms with van der Waals surface area (Å²) in [5.74, 6) is -0.580. The Balaban J connectivity index is 2.15. The Morgan fingerprint density at radius 1 is 1.47 bits per heavy atom. The van der Waals surface area contributed by atoms with Gasteiger partial charge in [0.15, 0.2) is 0 Å². The van der Waals surface area contributed by atoms with Gasteiger partial charge in [-0.05, 0) is 34.0 Å². The van der Waals surface area contributed by atoms with Crippen molar-refractivity contribution in [2.45, 2.75) is 6.92 Å². The van der Waals surface area contributed by atoms with Gasteiger partial charge < -0.3 is 9.64 Å². The second kappa shape index (κ2) is 5.69. The van der Waals surface area contributed by atoms with Crippen LogP contribution in [0, 0.1) is 11.8 Å². The molecule has 0 radical (unpaired) electrons. The zero-order valence-corrected chi connectivity index (χ0v) is 12.4. The minimum Gasteiger partial charge on any atom is -0.469 e. The lowest BCUT2D eigenvalue weighted by Gasteiger charge is -2.16. The van der Waals surface area contributed by atoms with E-state index in [0.717, 1.165) is 0 Å². The Labute approximate surface area is 120 Å². The molecule has 2 rings (SSSR count). The number of ether oxygens (including phenoxy) is 1. The molecule has 5 nitrogen and oxygen atoms in total. The van der Waals surface area contributed by atoms with Gasteiger partial charge in [0.1, 0.15) is 5.69 Å². The lowest BCUT2D eigenvalue weighted by Crippen LogP contribution is -2.31. The first-order chi connectivity index (χ1) is 9.04. The van der Waals surface area contributed by atoms with E-state index in [1.807, 2.05) is 6.92 Å². The van der Waals surface area contributed by atoms with Crippen LogP contribution in [0.1, 0.15) is 17.4 Å². The van der Waals surface area contributed by atoms with Crippen LogP contribution in [0.4, 0.5) is 0 Å². The monoisotopic (exact) mass is 326 g/mol. The van der Waals surface area contributed by atoms with E-state index < -0.39 is 0 Å². The maximum absolute atomic E-state index is 12.4. The number of pyridine rings is 1. The fourth-order valence-electron chi connectivity index (χ4n) is 2.28. The van der Waals surface area contributed by atoms with E-state index in [4.69, 9.17) is 4.74 Å². The van der Waals surface area contributed by atoms with E-state index in [-0.39, 0.29) is 23.7 Å². The third kappa shape index (κ3) is 2.78. The minimum absolute atomic E-state index is 0.0962. The zero-order chi connectivity index (χ0) is 14.0. The van der Waals surface area contributed by atoms with E-state index in [1.165, 1.54) is 7.11 Å². The number of nitrogens with zero attached hydrogens (tertiary/aromatic N) is 2. The maximum atomic E-state index is 12.4. The van der Waals surface area contributed by atoms with Crippen molar-refractivity contribution in [3.05, 3.63) is 28.5 Å². The standard InChI is InChI=1S/C13H15BrN2O3/c1-8-6-16(7-9(8)13(18)19-2)12(17)11-10(14)4-3-5-15-11/h3-5,8-9H,6-7H2,1-2H3. The van der Waals surface area contributed by atoms with Crippen LogP contribution in [0.25, 0.3) is 0 Å². The molecule has 0 bridgehead atoms. The van der Waals surface area contributed by atoms with E-state index in [9.17, 15) is 9.59 Å². The Bertz CT molecular complexity index is 506. The van der Waals surface area contributed by atoms with E-state index in [2.05, 4.69) is 20.9 Å². The van der Waals surface area contributed by atoms with Crippen LogP contribution >= 0.6 is 15.9 Å². The average molecular weight is 327 g/mol. The van der Waals surface area contributed by atoms with E-state index in [1.54, 1.807) is 23.2 Å². The highest BCUT2D eigenvalue weighted by Crippen LogP contribution is 2.26. The predicted molar refractivity (Wildman–Crippen MR) is 72.5 cm³/mol. The second-order valence-electron chi connectivity index (χ2n) is 4.65. The number of carbonyl (C=O) groups is 2. The summed E-state index contributed by atoms with van der Waals surface area (Å²) in [7, 11) is 1.37. The molecule has 0 aliphatic carbocycles. The predicted octanol–water partition coefficient (Wildman–Crippen LogP) is 1.73. The van der Waals surface area contributed by atoms with Crippen molar-refractivity contribution in [2.24, 2.45) is 11.8 Å². The summed E-state index contributed by atoms with van der Waals surface area (Å²) in [5.41, 5.74) is 0.375. The maximum Gasteiger partial charge on any atom is 0.310 e. The summed E-state index contributed by atoms with van der Waals surface area (Å²) in [6, 6.07) is 3.53. The largest absolute Gasteiger partial charge is 0.469 e. The molecule has 2 unspecified atom stereocenters. The number of esters is 1. The van der Waals surface area contributed by atoms with Crippen LogP contribution in [-0.4, -0.2) is 42.0 Å². The molecule has 1 aromatic heterocycles. The number of halogens is 1. The van der Waals surface area contributed by atoms with Crippen LogP contribution in [0.5, 0.6) is 0 Å². The van der Waals surface area contributed by atoms with Crippen molar-refractivity contribution in [1.29, 1.82) is 0 Å². The van der Waals surface area contributed by atoms with Gasteiger partial charge in [-0.3, -0.25) is 9.59 Å². The fraction of sp³-hybridized carbons (Fsp3) is 0.462. The molecule has 0 spiro atoms. The molecule has 2 atom stereocenters. The van der Waals surface area contributed by atoms with Crippen LogP contribution in [0.15, 0.2) is 22.8 Å². The third-order valence-electron chi connectivity index (χ3n) is 3.36. The fourth-order valence-corrected chi connectivity index (χ4v) is 2.71. The summed E-state index contributed by atoms with van der Waals surface area (Å²) >= 11 is 3.32. The number of methoxy groups -OCH3 is 1. The summed E-state index contributed by atoms with van der Waals surface area (Å²) < 4.78 is 5.42. The minimum atomic E-state index is -0.261. The van der Waals surface area contributed by atoms with Crippen molar-refractivity contribution in [2.75, 3.05) is 20.2 Å². The topological polar surface area (TPSA) is 59.5 Å². The second-order valence-corrected chi connectivity index (χ2v) is 5.51. The van der Waals surface area contributed by atoms with Crippen LogP contribution in [0.2, 0.25) is 0 Å². The molecule has 1 saturated heterocycles. The van der Waals surface area contributed by atoms with Crippen molar-refractivity contribution in [3.63, 3.8) is 0 Å². The lowest BCUT2D eigenvalue weighted by molar-refractivity contribution is -0.146. The Hall–Kier alpha value is -1.43. The van der Waals surface area contributed by atoms with Gasteiger partial charge in [-0.25, -0.2) is 4.98 Å². The van der Waals surface area contributed by atoms with Gasteiger partial charge in [-0.15, -0.1) is 0 Å². The van der Waals surface area contributed by atoms with Gasteiger partial charge in [0.05, 0.1) is 13.0 Å². The van der Waals surface area contributed by atoms with Gasteiger partial charge in [-0.1, -0.05) is 6.92 Å². The Morgan fingerprint density at radius 3 is 2.84 bits per heavy atom. The number of hydrogen-bond donors (Lipinski definition) is 0.